The lowest BCUT2D eigenvalue weighted by Crippen LogP contribution is -2.56. The van der Waals surface area contributed by atoms with Crippen LogP contribution in [0.2, 0.25) is 0 Å². The summed E-state index contributed by atoms with van der Waals surface area (Å²) < 4.78 is 9.47. The van der Waals surface area contributed by atoms with Gasteiger partial charge in [-0.05, 0) is 128 Å². The molecule has 3 saturated carbocycles. The summed E-state index contributed by atoms with van der Waals surface area (Å²) in [5, 5.41) is 1.43. The number of allylic oxidation sites excluding steroid dienone is 4. The van der Waals surface area contributed by atoms with Gasteiger partial charge in [0.2, 0.25) is 0 Å². The third-order valence-electron chi connectivity index (χ3n) is 15.8. The van der Waals surface area contributed by atoms with E-state index in [0.717, 1.165) is 55.8 Å². The van der Waals surface area contributed by atoms with Crippen molar-refractivity contribution in [3.63, 3.8) is 0 Å². The minimum absolute atomic E-state index is 0.185. The number of aryl methyl sites for hydroxylation is 1. The maximum atomic E-state index is 6.85. The lowest BCUT2D eigenvalue weighted by atomic mass is 9.66. The molecule has 2 heterocycles. The molecule has 1 saturated heterocycles. The minimum Gasteiger partial charge on any atom is -0.366 e. The van der Waals surface area contributed by atoms with Crippen LogP contribution in [-0.2, 0) is 17.6 Å². The Balaban J connectivity index is 1.08. The molecule has 9 unspecified atom stereocenters. The second-order valence-electron chi connectivity index (χ2n) is 18.3. The van der Waals surface area contributed by atoms with Crippen molar-refractivity contribution in [2.24, 2.45) is 40.9 Å². The van der Waals surface area contributed by atoms with Crippen LogP contribution in [0, 0.1) is 40.9 Å². The first-order valence-corrected chi connectivity index (χ1v) is 21.2. The Bertz CT molecular complexity index is 2050. The van der Waals surface area contributed by atoms with Crippen molar-refractivity contribution in [3.8, 4) is 5.69 Å². The van der Waals surface area contributed by atoms with E-state index in [9.17, 15) is 0 Å². The van der Waals surface area contributed by atoms with Crippen LogP contribution >= 0.6 is 0 Å². The molecule has 0 spiro atoms. The fraction of sp³-hybridized carbons (Fsp3) is 0.510. The van der Waals surface area contributed by atoms with Gasteiger partial charge in [-0.2, -0.15) is 0 Å². The highest BCUT2D eigenvalue weighted by Gasteiger charge is 2.60. The molecule has 3 aromatic rings. The molecule has 1 aliphatic heterocycles. The number of ether oxygens (including phenoxy) is 1. The Morgan fingerprint density at radius 2 is 1.62 bits per heavy atom. The summed E-state index contributed by atoms with van der Waals surface area (Å²) in [6.45, 7) is 5.34. The van der Waals surface area contributed by atoms with E-state index < -0.39 is 0 Å². The van der Waals surface area contributed by atoms with Gasteiger partial charge in [0.05, 0.1) is 17.7 Å². The van der Waals surface area contributed by atoms with Crippen molar-refractivity contribution in [2.75, 3.05) is 4.90 Å². The molecule has 268 valence electrons. The van der Waals surface area contributed by atoms with Crippen molar-refractivity contribution in [2.45, 2.75) is 115 Å². The molecule has 10 atom stereocenters. The summed E-state index contributed by atoms with van der Waals surface area (Å²) in [5.74, 6) is 4.24. The maximum Gasteiger partial charge on any atom is 0.0834 e. The van der Waals surface area contributed by atoms with Gasteiger partial charge in [0.15, 0.2) is 0 Å². The Labute approximate surface area is 311 Å². The van der Waals surface area contributed by atoms with Gasteiger partial charge in [0.25, 0.3) is 0 Å². The van der Waals surface area contributed by atoms with Crippen LogP contribution in [0.15, 0.2) is 85.0 Å². The summed E-state index contributed by atoms with van der Waals surface area (Å²) in [6, 6.07) is 15.9. The van der Waals surface area contributed by atoms with Crippen LogP contribution in [0.5, 0.6) is 0 Å². The molecule has 7 aliphatic carbocycles. The van der Waals surface area contributed by atoms with Crippen LogP contribution in [0.1, 0.15) is 100 Å². The number of nitrogens with zero attached hydrogens (tertiary/aromatic N) is 2. The normalized spacial score (nSPS) is 36.2. The molecular formula is C49H56N2O. The molecule has 1 aromatic heterocycles. The lowest BCUT2D eigenvalue weighted by Gasteiger charge is -2.52. The SMILES string of the molecule is CC1(C)C2CCCCC2C2C(N(c3ccc4c(c3)c3c(n4-c4ccc5c(c4)CCC=C5)CCC=C3)C3CC=CC4O[C@@H]5C=CC=CC5C43)CCCC21. The molecule has 3 heteroatoms. The van der Waals surface area contributed by atoms with Gasteiger partial charge < -0.3 is 14.2 Å². The van der Waals surface area contributed by atoms with E-state index in [1.807, 2.05) is 0 Å². The zero-order chi connectivity index (χ0) is 34.6. The van der Waals surface area contributed by atoms with E-state index in [2.05, 4.69) is 120 Å². The predicted octanol–water partition coefficient (Wildman–Crippen LogP) is 11.4. The second kappa shape index (κ2) is 12.2. The van der Waals surface area contributed by atoms with E-state index in [1.54, 1.807) is 0 Å². The molecule has 0 bridgehead atoms. The third kappa shape index (κ3) is 4.73. The van der Waals surface area contributed by atoms with E-state index in [4.69, 9.17) is 4.74 Å². The zero-order valence-corrected chi connectivity index (χ0v) is 31.3. The van der Waals surface area contributed by atoms with E-state index in [0.29, 0.717) is 29.3 Å². The van der Waals surface area contributed by atoms with Crippen molar-refractivity contribution >= 4 is 28.7 Å². The summed E-state index contributed by atoms with van der Waals surface area (Å²) in [7, 11) is 0. The lowest BCUT2D eigenvalue weighted by molar-refractivity contribution is 0.0752. The summed E-state index contributed by atoms with van der Waals surface area (Å²) in [6.07, 6.45) is 39.5. The molecule has 52 heavy (non-hydrogen) atoms. The summed E-state index contributed by atoms with van der Waals surface area (Å²) in [5.41, 5.74) is 10.4. The average molecular weight is 689 g/mol. The molecule has 8 aliphatic rings. The number of rotatable bonds is 4. The predicted molar refractivity (Wildman–Crippen MR) is 216 cm³/mol. The summed E-state index contributed by atoms with van der Waals surface area (Å²) in [4.78, 5) is 3.07. The first kappa shape index (κ1) is 31.9. The number of hydrogen-bond acceptors (Lipinski definition) is 2. The number of fused-ring (bicyclic) bond motifs is 10. The van der Waals surface area contributed by atoms with Crippen molar-refractivity contribution in [1.82, 2.24) is 4.57 Å². The van der Waals surface area contributed by atoms with Gasteiger partial charge in [-0.3, -0.25) is 0 Å². The van der Waals surface area contributed by atoms with E-state index in [-0.39, 0.29) is 12.2 Å². The van der Waals surface area contributed by atoms with Crippen LogP contribution in [-0.4, -0.2) is 28.9 Å². The van der Waals surface area contributed by atoms with Gasteiger partial charge in [-0.25, -0.2) is 0 Å². The van der Waals surface area contributed by atoms with Gasteiger partial charge >= 0.3 is 0 Å². The highest BCUT2D eigenvalue weighted by atomic mass is 16.5. The van der Waals surface area contributed by atoms with E-state index >= 15 is 0 Å². The smallest absolute Gasteiger partial charge is 0.0834 e. The molecule has 0 amide bonds. The highest BCUT2D eigenvalue weighted by Crippen LogP contribution is 2.64. The fourth-order valence-corrected chi connectivity index (χ4v) is 13.7. The molecule has 3 nitrogen and oxygen atoms in total. The number of anilines is 1. The Morgan fingerprint density at radius 1 is 0.750 bits per heavy atom. The monoisotopic (exact) mass is 688 g/mol. The molecular weight excluding hydrogens is 633 g/mol. The van der Waals surface area contributed by atoms with Crippen molar-refractivity contribution < 1.29 is 4.74 Å². The van der Waals surface area contributed by atoms with Gasteiger partial charge in [0, 0.05) is 51.9 Å². The van der Waals surface area contributed by atoms with Crippen LogP contribution in [0.4, 0.5) is 5.69 Å². The molecule has 2 aromatic carbocycles. The first-order valence-electron chi connectivity index (χ1n) is 21.2. The van der Waals surface area contributed by atoms with Gasteiger partial charge in [0.1, 0.15) is 0 Å². The van der Waals surface area contributed by atoms with Crippen LogP contribution in [0.25, 0.3) is 28.7 Å². The fourth-order valence-electron chi connectivity index (χ4n) is 13.7. The Hall–Kier alpha value is -3.56. The molecule has 0 N–H and O–H groups in total. The van der Waals surface area contributed by atoms with Gasteiger partial charge in [-0.1, -0.05) is 99.9 Å². The van der Waals surface area contributed by atoms with E-state index in [1.165, 1.54) is 89.6 Å². The highest BCUT2D eigenvalue weighted by molar-refractivity contribution is 5.95. The molecule has 4 fully saturated rings. The van der Waals surface area contributed by atoms with Crippen molar-refractivity contribution in [1.29, 1.82) is 0 Å². The van der Waals surface area contributed by atoms with Crippen LogP contribution < -0.4 is 4.90 Å². The zero-order valence-electron chi connectivity index (χ0n) is 31.3. The summed E-state index contributed by atoms with van der Waals surface area (Å²) >= 11 is 0. The van der Waals surface area contributed by atoms with Gasteiger partial charge in [-0.15, -0.1) is 0 Å². The molecule has 11 rings (SSSR count). The maximum absolute atomic E-state index is 6.85. The minimum atomic E-state index is 0.185. The second-order valence-corrected chi connectivity index (χ2v) is 18.3. The topological polar surface area (TPSA) is 17.4 Å². The number of hydrogen-bond donors (Lipinski definition) is 0. The standard InChI is InChI=1S/C49H56N2O/c1-49(2)39-18-8-5-16-36(39)47-40(49)19-11-21-43(47)51(44-22-12-24-46-48(44)37-17-7-10-23-45(37)52-46)34-27-28-42-38(30-34)35-15-6-9-20-41(35)50(42)33-26-25-31-13-3-4-14-32(31)29-33/h3,6-7,10,12-13,15,17,23-30,36-37,39-40,43-48H,4-5,8-9,11,14,16,18-22H2,1-2H3/t36?,37?,39?,40?,43?,44?,45-,46?,47?,48?/m1/s1. The van der Waals surface area contributed by atoms with Crippen LogP contribution in [0.3, 0.4) is 0 Å². The molecule has 0 radical (unpaired) electrons. The quantitative estimate of drug-likeness (QED) is 0.254. The number of aromatic nitrogens is 1. The first-order chi connectivity index (χ1) is 25.6. The third-order valence-corrected chi connectivity index (χ3v) is 15.8. The Kier molecular flexibility index (Phi) is 7.51. The largest absolute Gasteiger partial charge is 0.366 e. The Morgan fingerprint density at radius 3 is 2.58 bits per heavy atom. The number of benzene rings is 2. The van der Waals surface area contributed by atoms with Crippen molar-refractivity contribution in [3.05, 3.63) is 107 Å². The average Bonchev–Trinajstić information content (AvgIpc) is 3.81.